The molecule has 0 saturated carbocycles. The van der Waals surface area contributed by atoms with Crippen molar-refractivity contribution in [1.29, 1.82) is 0 Å². The number of fused-ring (bicyclic) bond motifs is 1. The smallest absolute Gasteiger partial charge is 0.296 e. The number of benzene rings is 2. The molecule has 2 heterocycles. The van der Waals surface area contributed by atoms with Crippen LogP contribution in [0.1, 0.15) is 16.8 Å². The normalized spacial score (nSPS) is 11.7. The van der Waals surface area contributed by atoms with E-state index in [0.717, 1.165) is 28.2 Å². The lowest BCUT2D eigenvalue weighted by molar-refractivity contribution is 0.414. The van der Waals surface area contributed by atoms with Gasteiger partial charge in [-0.3, -0.25) is 9.59 Å². The van der Waals surface area contributed by atoms with Gasteiger partial charge in [0.05, 0.1) is 18.8 Å². The monoisotopic (exact) mass is 407 g/mol. The van der Waals surface area contributed by atoms with E-state index in [-0.39, 0.29) is 22.6 Å². The molecule has 8 heteroatoms. The second-order valence-electron chi connectivity index (χ2n) is 6.24. The van der Waals surface area contributed by atoms with Crippen molar-refractivity contribution in [2.45, 2.75) is 6.42 Å². The van der Waals surface area contributed by atoms with E-state index in [1.54, 1.807) is 20.3 Å². The molecule has 0 atom stereocenters. The van der Waals surface area contributed by atoms with Crippen LogP contribution >= 0.6 is 11.3 Å². The number of nitrogens with zero attached hydrogens (tertiary/aromatic N) is 3. The van der Waals surface area contributed by atoms with Gasteiger partial charge in [0, 0.05) is 12.0 Å². The fourth-order valence-electron chi connectivity index (χ4n) is 2.92. The molecule has 4 rings (SSSR count). The maximum atomic E-state index is 12.8. The van der Waals surface area contributed by atoms with Crippen LogP contribution in [-0.2, 0) is 6.42 Å². The Labute approximate surface area is 169 Å². The Balaban J connectivity index is 1.78. The van der Waals surface area contributed by atoms with E-state index in [4.69, 9.17) is 9.47 Å². The van der Waals surface area contributed by atoms with Crippen molar-refractivity contribution in [2.24, 2.45) is 0 Å². The Kier molecular flexibility index (Phi) is 5.09. The number of ether oxygens (including phenoxy) is 2. The molecule has 0 fully saturated rings. The molecule has 0 amide bonds. The van der Waals surface area contributed by atoms with Gasteiger partial charge in [0.25, 0.3) is 11.1 Å². The highest BCUT2D eigenvalue weighted by Crippen LogP contribution is 2.18. The van der Waals surface area contributed by atoms with Gasteiger partial charge < -0.3 is 9.47 Å². The van der Waals surface area contributed by atoms with Crippen molar-refractivity contribution in [1.82, 2.24) is 14.6 Å². The largest absolute Gasteiger partial charge is 0.497 e. The summed E-state index contributed by atoms with van der Waals surface area (Å²) in [5.74, 6) is 1.38. The lowest BCUT2D eigenvalue weighted by Gasteiger charge is -2.02. The van der Waals surface area contributed by atoms with E-state index < -0.39 is 5.56 Å². The highest BCUT2D eigenvalue weighted by atomic mass is 32.1. The van der Waals surface area contributed by atoms with E-state index in [0.29, 0.717) is 10.3 Å². The molecule has 29 heavy (non-hydrogen) atoms. The molecule has 146 valence electrons. The first-order chi connectivity index (χ1) is 14.1. The Morgan fingerprint density at radius 3 is 2.52 bits per heavy atom. The number of aromatic nitrogens is 3. The molecule has 0 aliphatic heterocycles. The van der Waals surface area contributed by atoms with Crippen LogP contribution < -0.4 is 25.1 Å². The summed E-state index contributed by atoms with van der Waals surface area (Å²) >= 11 is 1.12. The van der Waals surface area contributed by atoms with Gasteiger partial charge in [-0.15, -0.1) is 0 Å². The van der Waals surface area contributed by atoms with Crippen molar-refractivity contribution in [3.8, 4) is 11.5 Å². The molecule has 0 bridgehead atoms. The fourth-order valence-corrected chi connectivity index (χ4v) is 3.81. The number of methoxy groups -OCH3 is 2. The highest BCUT2D eigenvalue weighted by molar-refractivity contribution is 7.15. The predicted molar refractivity (Wildman–Crippen MR) is 111 cm³/mol. The summed E-state index contributed by atoms with van der Waals surface area (Å²) in [6.07, 6.45) is 2.00. The lowest BCUT2D eigenvalue weighted by atomic mass is 10.1. The van der Waals surface area contributed by atoms with Crippen molar-refractivity contribution in [3.05, 3.63) is 90.6 Å². The lowest BCUT2D eigenvalue weighted by Crippen LogP contribution is -2.28. The van der Waals surface area contributed by atoms with Crippen LogP contribution in [0.2, 0.25) is 0 Å². The Bertz CT molecular complexity index is 1340. The van der Waals surface area contributed by atoms with E-state index in [2.05, 4.69) is 10.1 Å². The summed E-state index contributed by atoms with van der Waals surface area (Å²) in [6, 6.07) is 14.7. The van der Waals surface area contributed by atoms with Crippen molar-refractivity contribution < 1.29 is 9.47 Å². The van der Waals surface area contributed by atoms with Crippen molar-refractivity contribution in [3.63, 3.8) is 0 Å². The minimum Gasteiger partial charge on any atom is -0.497 e. The fraction of sp³-hybridized carbons (Fsp3) is 0.143. The molecule has 0 spiro atoms. The average Bonchev–Trinajstić information content (AvgIpc) is 3.03. The van der Waals surface area contributed by atoms with Gasteiger partial charge >= 0.3 is 0 Å². The molecule has 0 aliphatic carbocycles. The summed E-state index contributed by atoms with van der Waals surface area (Å²) in [7, 11) is 3.16. The first-order valence-electron chi connectivity index (χ1n) is 8.79. The molecule has 0 unspecified atom stereocenters. The van der Waals surface area contributed by atoms with Crippen molar-refractivity contribution >= 4 is 22.4 Å². The van der Waals surface area contributed by atoms with Crippen LogP contribution in [0.3, 0.4) is 0 Å². The summed E-state index contributed by atoms with van der Waals surface area (Å²) in [4.78, 5) is 29.5. The molecule has 0 saturated heterocycles. The van der Waals surface area contributed by atoms with Crippen LogP contribution in [0.4, 0.5) is 0 Å². The second kappa shape index (κ2) is 7.84. The molecule has 2 aromatic carbocycles. The van der Waals surface area contributed by atoms with Gasteiger partial charge in [0.15, 0.2) is 0 Å². The van der Waals surface area contributed by atoms with Crippen LogP contribution in [0.5, 0.6) is 11.5 Å². The maximum Gasteiger partial charge on any atom is 0.296 e. The van der Waals surface area contributed by atoms with Gasteiger partial charge in [0.2, 0.25) is 4.96 Å². The van der Waals surface area contributed by atoms with E-state index in [1.807, 2.05) is 48.5 Å². The number of rotatable bonds is 5. The Morgan fingerprint density at radius 2 is 1.79 bits per heavy atom. The third-order valence-corrected chi connectivity index (χ3v) is 5.37. The van der Waals surface area contributed by atoms with Crippen LogP contribution in [0.25, 0.3) is 11.0 Å². The minimum absolute atomic E-state index is 0.214. The van der Waals surface area contributed by atoms with E-state index in [1.165, 1.54) is 4.52 Å². The summed E-state index contributed by atoms with van der Waals surface area (Å²) < 4.78 is 12.1. The summed E-state index contributed by atoms with van der Waals surface area (Å²) in [5, 5.41) is 4.27. The zero-order chi connectivity index (χ0) is 20.4. The molecular weight excluding hydrogens is 390 g/mol. The summed E-state index contributed by atoms with van der Waals surface area (Å²) in [6.45, 7) is 0. The van der Waals surface area contributed by atoms with Gasteiger partial charge in [-0.1, -0.05) is 41.7 Å². The second-order valence-corrected chi connectivity index (χ2v) is 7.25. The molecule has 0 radical (unpaired) electrons. The predicted octanol–water partition coefficient (Wildman–Crippen LogP) is 1.67. The molecule has 2 aromatic heterocycles. The third kappa shape index (κ3) is 3.74. The first-order valence-corrected chi connectivity index (χ1v) is 9.61. The summed E-state index contributed by atoms with van der Waals surface area (Å²) in [5.41, 5.74) is 1.09. The molecule has 7 nitrogen and oxygen atoms in total. The Hall–Kier alpha value is -3.52. The zero-order valence-corrected chi connectivity index (χ0v) is 16.6. The van der Waals surface area contributed by atoms with Crippen LogP contribution in [0, 0.1) is 0 Å². The number of hydrogen-bond acceptors (Lipinski definition) is 7. The SMILES string of the molecule is COc1ccc(Cc2nn3c(=O)/c(=C\c4ccccc4OC)sc3nc2=O)cc1. The average molecular weight is 407 g/mol. The molecule has 0 N–H and O–H groups in total. The van der Waals surface area contributed by atoms with Gasteiger partial charge in [-0.2, -0.15) is 14.6 Å². The minimum atomic E-state index is -0.439. The maximum absolute atomic E-state index is 12.8. The van der Waals surface area contributed by atoms with Gasteiger partial charge in [-0.25, -0.2) is 0 Å². The first kappa shape index (κ1) is 18.8. The van der Waals surface area contributed by atoms with Crippen LogP contribution in [0.15, 0.2) is 58.1 Å². The van der Waals surface area contributed by atoms with E-state index in [9.17, 15) is 9.59 Å². The third-order valence-electron chi connectivity index (χ3n) is 4.41. The zero-order valence-electron chi connectivity index (χ0n) is 15.8. The quantitative estimate of drug-likeness (QED) is 0.501. The molecule has 0 aliphatic rings. The highest BCUT2D eigenvalue weighted by Gasteiger charge is 2.12. The Morgan fingerprint density at radius 1 is 1.03 bits per heavy atom. The number of hydrogen-bond donors (Lipinski definition) is 0. The standard InChI is InChI=1S/C21H17N3O4S/c1-27-15-9-7-13(8-10-15)11-16-19(25)22-21-24(23-16)20(26)18(29-21)12-14-5-3-4-6-17(14)28-2/h3-10,12H,11H2,1-2H3/b18-12+. The van der Waals surface area contributed by atoms with Gasteiger partial charge in [-0.05, 0) is 29.8 Å². The molecular formula is C21H17N3O4S. The number of thiazole rings is 1. The number of para-hydroxylation sites is 1. The van der Waals surface area contributed by atoms with Crippen molar-refractivity contribution in [2.75, 3.05) is 14.2 Å². The van der Waals surface area contributed by atoms with E-state index >= 15 is 0 Å². The van der Waals surface area contributed by atoms with Gasteiger partial charge in [0.1, 0.15) is 17.2 Å². The molecule has 4 aromatic rings. The topological polar surface area (TPSA) is 82.8 Å². The van der Waals surface area contributed by atoms with Crippen LogP contribution in [-0.4, -0.2) is 28.8 Å².